The maximum absolute atomic E-state index is 12.4. The first-order valence-corrected chi connectivity index (χ1v) is 6.63. The van der Waals surface area contributed by atoms with Gasteiger partial charge >= 0.3 is 5.97 Å². The summed E-state index contributed by atoms with van der Waals surface area (Å²) in [6, 6.07) is 11.7. The molecule has 0 aromatic heterocycles. The SMILES string of the molecule is COC(=O)CCCN1C(=O)c2cccc3cccc1c23. The molecule has 0 saturated heterocycles. The number of methoxy groups -OCH3 is 1. The number of hydrogen-bond acceptors (Lipinski definition) is 3. The summed E-state index contributed by atoms with van der Waals surface area (Å²) in [6.45, 7) is 0.529. The lowest BCUT2D eigenvalue weighted by Gasteiger charge is -2.17. The van der Waals surface area contributed by atoms with E-state index in [0.717, 1.165) is 22.0 Å². The molecule has 1 aliphatic rings. The Morgan fingerprint density at radius 2 is 1.95 bits per heavy atom. The van der Waals surface area contributed by atoms with Crippen LogP contribution in [0.2, 0.25) is 0 Å². The van der Waals surface area contributed by atoms with Gasteiger partial charge in [0.1, 0.15) is 0 Å². The molecule has 0 bridgehead atoms. The number of amides is 1. The van der Waals surface area contributed by atoms with Crippen LogP contribution in [0.15, 0.2) is 36.4 Å². The molecule has 102 valence electrons. The van der Waals surface area contributed by atoms with Crippen molar-refractivity contribution in [2.75, 3.05) is 18.6 Å². The highest BCUT2D eigenvalue weighted by Gasteiger charge is 2.28. The molecular weight excluding hydrogens is 254 g/mol. The third-order valence-corrected chi connectivity index (χ3v) is 3.64. The van der Waals surface area contributed by atoms with Crippen molar-refractivity contribution in [2.45, 2.75) is 12.8 Å². The van der Waals surface area contributed by atoms with Crippen molar-refractivity contribution in [1.29, 1.82) is 0 Å². The highest BCUT2D eigenvalue weighted by Crippen LogP contribution is 2.37. The van der Waals surface area contributed by atoms with Crippen molar-refractivity contribution in [3.05, 3.63) is 42.0 Å². The van der Waals surface area contributed by atoms with Crippen LogP contribution in [-0.4, -0.2) is 25.5 Å². The molecule has 0 N–H and O–H groups in total. The Kier molecular flexibility index (Phi) is 3.14. The van der Waals surface area contributed by atoms with E-state index in [0.29, 0.717) is 19.4 Å². The zero-order valence-electron chi connectivity index (χ0n) is 11.3. The maximum Gasteiger partial charge on any atom is 0.305 e. The van der Waals surface area contributed by atoms with E-state index in [4.69, 9.17) is 0 Å². The van der Waals surface area contributed by atoms with E-state index in [1.807, 2.05) is 36.4 Å². The second-order valence-electron chi connectivity index (χ2n) is 4.82. The van der Waals surface area contributed by atoms with Crippen molar-refractivity contribution in [3.63, 3.8) is 0 Å². The van der Waals surface area contributed by atoms with Gasteiger partial charge in [-0.25, -0.2) is 0 Å². The Balaban J connectivity index is 1.87. The van der Waals surface area contributed by atoms with Crippen LogP contribution < -0.4 is 4.90 Å². The highest BCUT2D eigenvalue weighted by molar-refractivity contribution is 6.24. The van der Waals surface area contributed by atoms with Crippen LogP contribution in [0.5, 0.6) is 0 Å². The molecule has 4 heteroatoms. The summed E-state index contributed by atoms with van der Waals surface area (Å²) in [7, 11) is 1.37. The smallest absolute Gasteiger partial charge is 0.305 e. The van der Waals surface area contributed by atoms with Crippen molar-refractivity contribution in [3.8, 4) is 0 Å². The van der Waals surface area contributed by atoms with Crippen molar-refractivity contribution in [1.82, 2.24) is 0 Å². The number of carbonyl (C=O) groups excluding carboxylic acids is 2. The Bertz CT molecular complexity index is 688. The van der Waals surface area contributed by atoms with Crippen molar-refractivity contribution in [2.24, 2.45) is 0 Å². The van der Waals surface area contributed by atoms with Crippen LogP contribution in [0.1, 0.15) is 23.2 Å². The molecule has 1 heterocycles. The topological polar surface area (TPSA) is 46.6 Å². The molecule has 0 spiro atoms. The molecule has 0 unspecified atom stereocenters. The number of nitrogens with zero attached hydrogens (tertiary/aromatic N) is 1. The molecule has 1 amide bonds. The molecule has 4 nitrogen and oxygen atoms in total. The second-order valence-corrected chi connectivity index (χ2v) is 4.82. The van der Waals surface area contributed by atoms with Crippen LogP contribution in [0, 0.1) is 0 Å². The number of benzene rings is 2. The van der Waals surface area contributed by atoms with Gasteiger partial charge in [-0.05, 0) is 23.9 Å². The molecule has 0 aliphatic carbocycles. The minimum atomic E-state index is -0.243. The fraction of sp³-hybridized carbons (Fsp3) is 0.250. The van der Waals surface area contributed by atoms with Crippen molar-refractivity contribution >= 4 is 28.3 Å². The number of anilines is 1. The molecule has 0 saturated carbocycles. The standard InChI is InChI=1S/C16H15NO3/c1-20-14(18)9-4-10-17-13-8-3-6-11-5-2-7-12(15(11)13)16(17)19/h2-3,5-8H,4,9-10H2,1H3. The van der Waals surface area contributed by atoms with Crippen LogP contribution >= 0.6 is 0 Å². The van der Waals surface area contributed by atoms with Crippen LogP contribution in [-0.2, 0) is 9.53 Å². The first-order chi connectivity index (χ1) is 9.72. The Labute approximate surface area is 116 Å². The van der Waals surface area contributed by atoms with E-state index in [2.05, 4.69) is 4.74 Å². The van der Waals surface area contributed by atoms with Gasteiger partial charge in [-0.15, -0.1) is 0 Å². The lowest BCUT2D eigenvalue weighted by molar-refractivity contribution is -0.140. The monoisotopic (exact) mass is 269 g/mol. The minimum absolute atomic E-state index is 0.0154. The van der Waals surface area contributed by atoms with E-state index >= 15 is 0 Å². The Morgan fingerprint density at radius 3 is 2.70 bits per heavy atom. The summed E-state index contributed by atoms with van der Waals surface area (Å²) in [5.41, 5.74) is 1.68. The van der Waals surface area contributed by atoms with Gasteiger partial charge in [-0.2, -0.15) is 0 Å². The zero-order valence-corrected chi connectivity index (χ0v) is 11.3. The third-order valence-electron chi connectivity index (χ3n) is 3.64. The largest absolute Gasteiger partial charge is 0.469 e. The van der Waals surface area contributed by atoms with Gasteiger partial charge in [-0.3, -0.25) is 9.59 Å². The van der Waals surface area contributed by atoms with Gasteiger partial charge < -0.3 is 9.64 Å². The lowest BCUT2D eigenvalue weighted by atomic mass is 10.1. The predicted octanol–water partition coefficient (Wildman–Crippen LogP) is 2.75. The molecule has 2 aromatic rings. The van der Waals surface area contributed by atoms with E-state index in [9.17, 15) is 9.59 Å². The van der Waals surface area contributed by atoms with Crippen LogP contribution in [0.4, 0.5) is 5.69 Å². The number of rotatable bonds is 4. The van der Waals surface area contributed by atoms with Gasteiger partial charge in [0, 0.05) is 23.9 Å². The highest BCUT2D eigenvalue weighted by atomic mass is 16.5. The zero-order chi connectivity index (χ0) is 14.1. The summed E-state index contributed by atoms with van der Waals surface area (Å²) in [6.07, 6.45) is 0.926. The Hall–Kier alpha value is -2.36. The fourth-order valence-electron chi connectivity index (χ4n) is 2.68. The van der Waals surface area contributed by atoms with Gasteiger partial charge in [-0.1, -0.05) is 24.3 Å². The van der Waals surface area contributed by atoms with Crippen LogP contribution in [0.3, 0.4) is 0 Å². The van der Waals surface area contributed by atoms with Crippen molar-refractivity contribution < 1.29 is 14.3 Å². The molecule has 2 aromatic carbocycles. The van der Waals surface area contributed by atoms with E-state index in [-0.39, 0.29) is 11.9 Å². The summed E-state index contributed by atoms with van der Waals surface area (Å²) in [4.78, 5) is 25.3. The van der Waals surface area contributed by atoms with Gasteiger partial charge in [0.05, 0.1) is 12.8 Å². The van der Waals surface area contributed by atoms with E-state index in [1.165, 1.54) is 7.11 Å². The summed E-state index contributed by atoms with van der Waals surface area (Å²) >= 11 is 0. The number of carbonyl (C=O) groups is 2. The first-order valence-electron chi connectivity index (χ1n) is 6.63. The number of ether oxygens (including phenoxy) is 1. The summed E-state index contributed by atoms with van der Waals surface area (Å²) in [5, 5.41) is 2.09. The lowest BCUT2D eigenvalue weighted by Crippen LogP contribution is -2.28. The fourth-order valence-corrected chi connectivity index (χ4v) is 2.68. The third kappa shape index (κ3) is 1.93. The Morgan fingerprint density at radius 1 is 1.20 bits per heavy atom. The predicted molar refractivity (Wildman–Crippen MR) is 76.9 cm³/mol. The minimum Gasteiger partial charge on any atom is -0.469 e. The van der Waals surface area contributed by atoms with Gasteiger partial charge in [0.2, 0.25) is 0 Å². The van der Waals surface area contributed by atoms with Crippen LogP contribution in [0.25, 0.3) is 10.8 Å². The molecule has 0 fully saturated rings. The quantitative estimate of drug-likeness (QED) is 0.802. The average Bonchev–Trinajstić information content (AvgIpc) is 2.75. The van der Waals surface area contributed by atoms with Gasteiger partial charge in [0.25, 0.3) is 5.91 Å². The molecule has 3 rings (SSSR count). The summed E-state index contributed by atoms with van der Waals surface area (Å²) < 4.78 is 4.62. The normalized spacial score (nSPS) is 13.1. The average molecular weight is 269 g/mol. The molecular formula is C16H15NO3. The van der Waals surface area contributed by atoms with E-state index < -0.39 is 0 Å². The molecule has 0 radical (unpaired) electrons. The molecule has 0 atom stereocenters. The van der Waals surface area contributed by atoms with E-state index in [1.54, 1.807) is 4.90 Å². The number of esters is 1. The molecule has 20 heavy (non-hydrogen) atoms. The first kappa shape index (κ1) is 12.7. The molecule has 1 aliphatic heterocycles. The maximum atomic E-state index is 12.4. The van der Waals surface area contributed by atoms with Gasteiger partial charge in [0.15, 0.2) is 0 Å². The second kappa shape index (κ2) is 4.96. The summed E-state index contributed by atoms with van der Waals surface area (Å²) in [5.74, 6) is -0.228. The number of hydrogen-bond donors (Lipinski definition) is 0.